The first kappa shape index (κ1) is 11.0. The quantitative estimate of drug-likeness (QED) is 0.758. The molecule has 2 atom stereocenters. The molecule has 2 aromatic carbocycles. The van der Waals surface area contributed by atoms with E-state index in [-0.39, 0.29) is 12.4 Å². The molecule has 2 unspecified atom stereocenters. The molecule has 0 amide bonds. The molecule has 88 valence electrons. The van der Waals surface area contributed by atoms with E-state index in [9.17, 15) is 0 Å². The summed E-state index contributed by atoms with van der Waals surface area (Å²) in [6, 6.07) is 14.4. The molecule has 1 aliphatic rings. The standard InChI is InChI=1S/C14H13ClO2/c15-8-11-9-16-14(17-11)13-7-3-5-10-4-1-2-6-12(10)13/h1-7,11,14H,8-9H2. The summed E-state index contributed by atoms with van der Waals surface area (Å²) in [5, 5.41) is 2.38. The van der Waals surface area contributed by atoms with E-state index < -0.39 is 0 Å². The number of benzene rings is 2. The van der Waals surface area contributed by atoms with Crippen LogP contribution in [0, 0.1) is 0 Å². The first-order valence-corrected chi connectivity index (χ1v) is 6.22. The fraction of sp³-hybridized carbons (Fsp3) is 0.286. The van der Waals surface area contributed by atoms with Crippen LogP contribution in [0.4, 0.5) is 0 Å². The van der Waals surface area contributed by atoms with Crippen molar-refractivity contribution >= 4 is 22.4 Å². The van der Waals surface area contributed by atoms with Gasteiger partial charge in [0.2, 0.25) is 0 Å². The summed E-state index contributed by atoms with van der Waals surface area (Å²) < 4.78 is 11.4. The van der Waals surface area contributed by atoms with E-state index in [2.05, 4.69) is 18.2 Å². The number of hydrogen-bond donors (Lipinski definition) is 0. The third-order valence-electron chi connectivity index (χ3n) is 3.00. The van der Waals surface area contributed by atoms with E-state index in [0.29, 0.717) is 12.5 Å². The van der Waals surface area contributed by atoms with Gasteiger partial charge in [0, 0.05) is 5.56 Å². The van der Waals surface area contributed by atoms with Crippen molar-refractivity contribution < 1.29 is 9.47 Å². The third-order valence-corrected chi connectivity index (χ3v) is 3.34. The van der Waals surface area contributed by atoms with Gasteiger partial charge < -0.3 is 9.47 Å². The number of halogens is 1. The lowest BCUT2D eigenvalue weighted by Gasteiger charge is -2.13. The van der Waals surface area contributed by atoms with E-state index in [1.54, 1.807) is 0 Å². The Hall–Kier alpha value is -1.09. The predicted molar refractivity (Wildman–Crippen MR) is 68.2 cm³/mol. The monoisotopic (exact) mass is 248 g/mol. The molecule has 2 aromatic rings. The van der Waals surface area contributed by atoms with Crippen molar-refractivity contribution in [3.63, 3.8) is 0 Å². The van der Waals surface area contributed by atoms with Gasteiger partial charge in [0.15, 0.2) is 6.29 Å². The number of ether oxygens (including phenoxy) is 2. The van der Waals surface area contributed by atoms with Crippen molar-refractivity contribution in [1.29, 1.82) is 0 Å². The second-order valence-corrected chi connectivity index (χ2v) is 4.45. The van der Waals surface area contributed by atoms with Gasteiger partial charge >= 0.3 is 0 Å². The van der Waals surface area contributed by atoms with Gasteiger partial charge in [-0.3, -0.25) is 0 Å². The van der Waals surface area contributed by atoms with E-state index in [1.165, 1.54) is 10.8 Å². The van der Waals surface area contributed by atoms with E-state index in [4.69, 9.17) is 21.1 Å². The Kier molecular flexibility index (Phi) is 3.02. The highest BCUT2D eigenvalue weighted by Crippen LogP contribution is 2.32. The molecule has 0 aromatic heterocycles. The Morgan fingerprint density at radius 2 is 1.94 bits per heavy atom. The molecule has 1 heterocycles. The summed E-state index contributed by atoms with van der Waals surface area (Å²) in [7, 11) is 0. The van der Waals surface area contributed by atoms with Gasteiger partial charge in [-0.2, -0.15) is 0 Å². The lowest BCUT2D eigenvalue weighted by molar-refractivity contribution is -0.0556. The van der Waals surface area contributed by atoms with Crippen LogP contribution in [0.2, 0.25) is 0 Å². The van der Waals surface area contributed by atoms with Crippen LogP contribution in [-0.4, -0.2) is 18.6 Å². The zero-order valence-corrected chi connectivity index (χ0v) is 10.1. The van der Waals surface area contributed by atoms with Crippen molar-refractivity contribution in [2.24, 2.45) is 0 Å². The first-order valence-electron chi connectivity index (χ1n) is 5.69. The predicted octanol–water partition coefficient (Wildman–Crippen LogP) is 3.49. The Balaban J connectivity index is 2.00. The highest BCUT2D eigenvalue weighted by atomic mass is 35.5. The SMILES string of the molecule is ClCC1COC(c2cccc3ccccc23)O1. The number of hydrogen-bond acceptors (Lipinski definition) is 2. The van der Waals surface area contributed by atoms with Gasteiger partial charge in [-0.25, -0.2) is 0 Å². The first-order chi connectivity index (χ1) is 8.38. The van der Waals surface area contributed by atoms with Gasteiger partial charge in [-0.1, -0.05) is 42.5 Å². The number of rotatable bonds is 2. The Morgan fingerprint density at radius 3 is 2.76 bits per heavy atom. The van der Waals surface area contributed by atoms with Crippen LogP contribution in [0.3, 0.4) is 0 Å². The van der Waals surface area contributed by atoms with Crippen LogP contribution in [0.5, 0.6) is 0 Å². The molecule has 1 aliphatic heterocycles. The summed E-state index contributed by atoms with van der Waals surface area (Å²) >= 11 is 5.77. The molecule has 0 N–H and O–H groups in total. The molecular weight excluding hydrogens is 236 g/mol. The third kappa shape index (κ3) is 2.04. The van der Waals surface area contributed by atoms with E-state index in [1.807, 2.05) is 24.3 Å². The Bertz CT molecular complexity index is 521. The minimum Gasteiger partial charge on any atom is -0.346 e. The molecule has 0 saturated carbocycles. The Labute approximate surface area is 105 Å². The van der Waals surface area contributed by atoms with Gasteiger partial charge in [0.1, 0.15) is 0 Å². The van der Waals surface area contributed by atoms with Crippen molar-refractivity contribution in [2.45, 2.75) is 12.4 Å². The van der Waals surface area contributed by atoms with Crippen LogP contribution in [-0.2, 0) is 9.47 Å². The largest absolute Gasteiger partial charge is 0.346 e. The molecule has 0 radical (unpaired) electrons. The van der Waals surface area contributed by atoms with Gasteiger partial charge in [-0.05, 0) is 10.8 Å². The molecule has 17 heavy (non-hydrogen) atoms. The molecule has 0 aliphatic carbocycles. The smallest absolute Gasteiger partial charge is 0.185 e. The Morgan fingerprint density at radius 1 is 1.12 bits per heavy atom. The number of fused-ring (bicyclic) bond motifs is 1. The summed E-state index contributed by atoms with van der Waals surface area (Å²) in [6.07, 6.45) is -0.287. The maximum Gasteiger partial charge on any atom is 0.185 e. The average Bonchev–Trinajstić information content (AvgIpc) is 2.87. The lowest BCUT2D eigenvalue weighted by Crippen LogP contribution is -2.10. The van der Waals surface area contributed by atoms with E-state index in [0.717, 1.165) is 5.56 Å². The molecule has 0 bridgehead atoms. The van der Waals surface area contributed by atoms with Crippen LogP contribution >= 0.6 is 11.6 Å². The minimum atomic E-state index is -0.287. The fourth-order valence-corrected chi connectivity index (χ4v) is 2.31. The van der Waals surface area contributed by atoms with Crippen LogP contribution in [0.1, 0.15) is 11.9 Å². The molecular formula is C14H13ClO2. The van der Waals surface area contributed by atoms with Crippen LogP contribution in [0.25, 0.3) is 10.8 Å². The maximum atomic E-state index is 5.77. The molecule has 3 heteroatoms. The summed E-state index contributed by atoms with van der Waals surface area (Å²) in [5.74, 6) is 0.473. The highest BCUT2D eigenvalue weighted by molar-refractivity contribution is 6.18. The summed E-state index contributed by atoms with van der Waals surface area (Å²) in [6.45, 7) is 0.567. The molecule has 1 saturated heterocycles. The molecule has 1 fully saturated rings. The van der Waals surface area contributed by atoms with Crippen molar-refractivity contribution in [3.05, 3.63) is 48.0 Å². The van der Waals surface area contributed by atoms with Gasteiger partial charge in [-0.15, -0.1) is 11.6 Å². The van der Waals surface area contributed by atoms with Crippen molar-refractivity contribution in [2.75, 3.05) is 12.5 Å². The average molecular weight is 249 g/mol. The molecule has 0 spiro atoms. The summed E-state index contributed by atoms with van der Waals surface area (Å²) in [5.41, 5.74) is 1.08. The zero-order valence-electron chi connectivity index (χ0n) is 9.30. The maximum absolute atomic E-state index is 5.77. The molecule has 2 nitrogen and oxygen atoms in total. The van der Waals surface area contributed by atoms with Crippen LogP contribution in [0.15, 0.2) is 42.5 Å². The highest BCUT2D eigenvalue weighted by Gasteiger charge is 2.27. The van der Waals surface area contributed by atoms with E-state index >= 15 is 0 Å². The van der Waals surface area contributed by atoms with Gasteiger partial charge in [0.05, 0.1) is 18.6 Å². The van der Waals surface area contributed by atoms with Crippen molar-refractivity contribution in [3.8, 4) is 0 Å². The van der Waals surface area contributed by atoms with Crippen molar-refractivity contribution in [1.82, 2.24) is 0 Å². The fourth-order valence-electron chi connectivity index (χ4n) is 2.15. The second-order valence-electron chi connectivity index (χ2n) is 4.15. The number of alkyl halides is 1. The lowest BCUT2D eigenvalue weighted by atomic mass is 10.0. The van der Waals surface area contributed by atoms with Crippen LogP contribution < -0.4 is 0 Å². The van der Waals surface area contributed by atoms with Gasteiger partial charge in [0.25, 0.3) is 0 Å². The normalized spacial score (nSPS) is 24.3. The zero-order chi connectivity index (χ0) is 11.7. The minimum absolute atomic E-state index is 0.000588. The second kappa shape index (κ2) is 4.65. The molecule has 3 rings (SSSR count). The summed E-state index contributed by atoms with van der Waals surface area (Å²) in [4.78, 5) is 0. The topological polar surface area (TPSA) is 18.5 Å².